The van der Waals surface area contributed by atoms with Gasteiger partial charge in [0.2, 0.25) is 0 Å². The average molecular weight is 282 g/mol. The second kappa shape index (κ2) is 5.26. The quantitative estimate of drug-likeness (QED) is 0.803. The first-order chi connectivity index (χ1) is 8.82. The van der Waals surface area contributed by atoms with Gasteiger partial charge < -0.3 is 10.2 Å². The third-order valence-electron chi connectivity index (χ3n) is 4.25. The summed E-state index contributed by atoms with van der Waals surface area (Å²) in [5.74, 6) is -6.45. The molecule has 2 unspecified atom stereocenters. The molecular weight excluding hydrogens is 264 g/mol. The highest BCUT2D eigenvalue weighted by molar-refractivity contribution is 5.84. The molecule has 19 heavy (non-hydrogen) atoms. The number of amides is 1. The lowest BCUT2D eigenvalue weighted by atomic mass is 9.82. The van der Waals surface area contributed by atoms with Crippen molar-refractivity contribution in [2.24, 2.45) is 0 Å². The lowest BCUT2D eigenvalue weighted by molar-refractivity contribution is -0.170. The first-order valence-electron chi connectivity index (χ1n) is 6.51. The van der Waals surface area contributed by atoms with E-state index in [2.05, 4.69) is 10.2 Å². The Bertz CT molecular complexity index is 337. The van der Waals surface area contributed by atoms with Crippen molar-refractivity contribution in [1.29, 1.82) is 0 Å². The van der Waals surface area contributed by atoms with Gasteiger partial charge in [-0.25, -0.2) is 8.78 Å². The third-order valence-corrected chi connectivity index (χ3v) is 4.25. The van der Waals surface area contributed by atoms with Crippen molar-refractivity contribution in [3.63, 3.8) is 0 Å². The molecule has 1 amide bonds. The number of alkyl halides is 4. The fourth-order valence-electron chi connectivity index (χ4n) is 3.11. The number of carbonyl (C=O) groups is 1. The Morgan fingerprint density at radius 3 is 2.26 bits per heavy atom. The molecule has 0 aromatic heterocycles. The lowest BCUT2D eigenvalue weighted by Gasteiger charge is -2.47. The average Bonchev–Trinajstić information content (AvgIpc) is 2.30. The molecule has 2 heterocycles. The van der Waals surface area contributed by atoms with Crippen molar-refractivity contribution < 1.29 is 22.4 Å². The molecule has 2 bridgehead atoms. The molecule has 2 aliphatic rings. The molecular formula is C12H18F4N2O. The molecule has 0 aromatic rings. The summed E-state index contributed by atoms with van der Waals surface area (Å²) in [6, 6.07) is 0.0690. The molecule has 0 aromatic carbocycles. The Balaban J connectivity index is 1.96. The van der Waals surface area contributed by atoms with E-state index < -0.39 is 24.3 Å². The maximum absolute atomic E-state index is 12.9. The molecule has 7 heteroatoms. The largest absolute Gasteiger partial charge is 0.383 e. The Hall–Kier alpha value is -0.850. The molecule has 2 rings (SSSR count). The van der Waals surface area contributed by atoms with Gasteiger partial charge in [-0.2, -0.15) is 8.78 Å². The molecule has 0 spiro atoms. The summed E-state index contributed by atoms with van der Waals surface area (Å²) in [4.78, 5) is 13.4. The predicted molar refractivity (Wildman–Crippen MR) is 61.3 cm³/mol. The van der Waals surface area contributed by atoms with Gasteiger partial charge >= 0.3 is 12.3 Å². The van der Waals surface area contributed by atoms with Crippen LogP contribution < -0.4 is 5.32 Å². The number of hydrogen-bond donors (Lipinski definition) is 1. The van der Waals surface area contributed by atoms with Crippen LogP contribution in [-0.4, -0.2) is 48.3 Å². The highest BCUT2D eigenvalue weighted by atomic mass is 19.3. The number of halogens is 4. The fraction of sp³-hybridized carbons (Fsp3) is 0.917. The first kappa shape index (κ1) is 14.6. The minimum atomic E-state index is -4.60. The van der Waals surface area contributed by atoms with E-state index in [4.69, 9.17) is 0 Å². The minimum absolute atomic E-state index is 0.248. The van der Waals surface area contributed by atoms with Crippen molar-refractivity contribution in [2.75, 3.05) is 7.05 Å². The van der Waals surface area contributed by atoms with E-state index in [9.17, 15) is 22.4 Å². The van der Waals surface area contributed by atoms with Crippen molar-refractivity contribution in [3.8, 4) is 0 Å². The van der Waals surface area contributed by atoms with Gasteiger partial charge in [0.25, 0.3) is 5.91 Å². The van der Waals surface area contributed by atoms with E-state index in [0.29, 0.717) is 12.8 Å². The second-order valence-corrected chi connectivity index (χ2v) is 5.47. The van der Waals surface area contributed by atoms with Gasteiger partial charge in [-0.3, -0.25) is 4.79 Å². The van der Waals surface area contributed by atoms with Crippen LogP contribution in [0.4, 0.5) is 17.6 Å². The molecule has 2 saturated heterocycles. The molecule has 1 N–H and O–H groups in total. The van der Waals surface area contributed by atoms with Gasteiger partial charge in [-0.15, -0.1) is 0 Å². The van der Waals surface area contributed by atoms with Gasteiger partial charge in [0, 0.05) is 18.1 Å². The van der Waals surface area contributed by atoms with Gasteiger partial charge in [0.15, 0.2) is 0 Å². The Labute approximate surface area is 109 Å². The van der Waals surface area contributed by atoms with Gasteiger partial charge in [-0.05, 0) is 32.7 Å². The summed E-state index contributed by atoms with van der Waals surface area (Å²) < 4.78 is 50.0. The second-order valence-electron chi connectivity index (χ2n) is 5.47. The maximum Gasteiger partial charge on any atom is 0.383 e. The zero-order valence-electron chi connectivity index (χ0n) is 10.7. The van der Waals surface area contributed by atoms with Crippen LogP contribution in [0.15, 0.2) is 0 Å². The van der Waals surface area contributed by atoms with E-state index in [1.54, 1.807) is 0 Å². The molecule has 3 nitrogen and oxygen atoms in total. The topological polar surface area (TPSA) is 32.3 Å². The standard InChI is InChI=1S/C12H18F4N2O/c1-18-8-3-2-4-9(18)6-7(5-8)17-11(19)12(15,16)10(13)14/h7-10H,2-6H2,1H3,(H,17,19). The lowest BCUT2D eigenvalue weighted by Crippen LogP contribution is -2.57. The highest BCUT2D eigenvalue weighted by Crippen LogP contribution is 2.33. The van der Waals surface area contributed by atoms with Crippen LogP contribution in [0, 0.1) is 0 Å². The monoisotopic (exact) mass is 282 g/mol. The van der Waals surface area contributed by atoms with Crippen molar-refractivity contribution >= 4 is 5.91 Å². The van der Waals surface area contributed by atoms with E-state index in [0.717, 1.165) is 19.3 Å². The molecule has 2 aliphatic heterocycles. The molecule has 2 atom stereocenters. The molecule has 0 radical (unpaired) electrons. The molecule has 2 fully saturated rings. The summed E-state index contributed by atoms with van der Waals surface area (Å²) in [5.41, 5.74) is 0. The van der Waals surface area contributed by atoms with Crippen molar-refractivity contribution in [1.82, 2.24) is 10.2 Å². The number of nitrogens with zero attached hydrogens (tertiary/aromatic N) is 1. The number of piperidine rings is 2. The van der Waals surface area contributed by atoms with Crippen LogP contribution in [0.2, 0.25) is 0 Å². The predicted octanol–water partition coefficient (Wildman–Crippen LogP) is 2.02. The van der Waals surface area contributed by atoms with E-state index in [1.165, 1.54) is 0 Å². The van der Waals surface area contributed by atoms with Crippen molar-refractivity contribution in [2.45, 2.75) is 62.6 Å². The first-order valence-corrected chi connectivity index (χ1v) is 6.51. The van der Waals surface area contributed by atoms with Crippen LogP contribution in [0.25, 0.3) is 0 Å². The van der Waals surface area contributed by atoms with Gasteiger partial charge in [0.05, 0.1) is 0 Å². The smallest absolute Gasteiger partial charge is 0.348 e. The van der Waals surface area contributed by atoms with Crippen LogP contribution in [0.5, 0.6) is 0 Å². The zero-order chi connectivity index (χ0) is 14.2. The van der Waals surface area contributed by atoms with E-state index in [-0.39, 0.29) is 12.1 Å². The molecule has 110 valence electrons. The van der Waals surface area contributed by atoms with Crippen LogP contribution >= 0.6 is 0 Å². The third kappa shape index (κ3) is 2.85. The molecule has 0 saturated carbocycles. The van der Waals surface area contributed by atoms with E-state index >= 15 is 0 Å². The van der Waals surface area contributed by atoms with Gasteiger partial charge in [0.1, 0.15) is 0 Å². The normalized spacial score (nSPS) is 32.4. The Morgan fingerprint density at radius 2 is 1.79 bits per heavy atom. The van der Waals surface area contributed by atoms with Crippen LogP contribution in [0.3, 0.4) is 0 Å². The molecule has 0 aliphatic carbocycles. The summed E-state index contributed by atoms with van der Waals surface area (Å²) in [5, 5.41) is 2.09. The Morgan fingerprint density at radius 1 is 1.26 bits per heavy atom. The SMILES string of the molecule is CN1C2CCCC1CC(NC(=O)C(F)(F)C(F)F)C2. The Kier molecular flexibility index (Phi) is 4.03. The summed E-state index contributed by atoms with van der Waals surface area (Å²) >= 11 is 0. The number of rotatable bonds is 3. The van der Waals surface area contributed by atoms with Crippen LogP contribution in [0.1, 0.15) is 32.1 Å². The summed E-state index contributed by atoms with van der Waals surface area (Å²) in [6.45, 7) is 0. The highest BCUT2D eigenvalue weighted by Gasteiger charge is 2.50. The number of carbonyl (C=O) groups excluding carboxylic acids is 1. The van der Waals surface area contributed by atoms with Crippen molar-refractivity contribution in [3.05, 3.63) is 0 Å². The van der Waals surface area contributed by atoms with Crippen LogP contribution in [-0.2, 0) is 4.79 Å². The summed E-state index contributed by atoms with van der Waals surface area (Å²) in [7, 11) is 1.99. The maximum atomic E-state index is 12.9. The zero-order valence-corrected chi connectivity index (χ0v) is 10.7. The fourth-order valence-corrected chi connectivity index (χ4v) is 3.11. The minimum Gasteiger partial charge on any atom is -0.348 e. The number of fused-ring (bicyclic) bond motifs is 2. The van der Waals surface area contributed by atoms with E-state index in [1.807, 2.05) is 7.05 Å². The summed E-state index contributed by atoms with van der Waals surface area (Å²) in [6.07, 6.45) is 0.164. The number of hydrogen-bond acceptors (Lipinski definition) is 2. The number of nitrogens with one attached hydrogen (secondary N) is 1. The van der Waals surface area contributed by atoms with Gasteiger partial charge in [-0.1, -0.05) is 6.42 Å².